The van der Waals surface area contributed by atoms with Crippen molar-refractivity contribution in [2.45, 2.75) is 26.3 Å². The van der Waals surface area contributed by atoms with E-state index in [4.69, 9.17) is 10.5 Å². The van der Waals surface area contributed by atoms with Crippen molar-refractivity contribution in [1.29, 1.82) is 0 Å². The lowest BCUT2D eigenvalue weighted by atomic mass is 10.1. The van der Waals surface area contributed by atoms with Crippen LogP contribution in [0.25, 0.3) is 0 Å². The zero-order valence-corrected chi connectivity index (χ0v) is 8.84. The van der Waals surface area contributed by atoms with Crippen LogP contribution in [-0.4, -0.2) is 13.0 Å². The predicted octanol–water partition coefficient (Wildman–Crippen LogP) is 2.66. The van der Waals surface area contributed by atoms with Gasteiger partial charge in [0.1, 0.15) is 12.4 Å². The minimum absolute atomic E-state index is 0.224. The van der Waals surface area contributed by atoms with Crippen molar-refractivity contribution in [1.82, 2.24) is 0 Å². The van der Waals surface area contributed by atoms with Gasteiger partial charge >= 0.3 is 0 Å². The van der Waals surface area contributed by atoms with Gasteiger partial charge in [-0.1, -0.05) is 17.7 Å². The van der Waals surface area contributed by atoms with Crippen LogP contribution >= 0.6 is 0 Å². The quantitative estimate of drug-likeness (QED) is 0.838. The third kappa shape index (κ3) is 3.47. The number of hydrogen-bond acceptors (Lipinski definition) is 2. The number of hydrogen-bond donors (Lipinski definition) is 1. The molecule has 1 aromatic rings. The van der Waals surface area contributed by atoms with Crippen LogP contribution in [0, 0.1) is 6.92 Å². The van der Waals surface area contributed by atoms with E-state index in [2.05, 4.69) is 0 Å². The van der Waals surface area contributed by atoms with Gasteiger partial charge in [-0.25, -0.2) is 8.78 Å². The summed E-state index contributed by atoms with van der Waals surface area (Å²) in [5, 5.41) is 0. The SMILES string of the molecule is Cc1ccc(OCC(F)F)c([C@@H](C)N)c1. The van der Waals surface area contributed by atoms with E-state index in [0.717, 1.165) is 11.1 Å². The summed E-state index contributed by atoms with van der Waals surface area (Å²) in [6, 6.07) is 5.12. The van der Waals surface area contributed by atoms with Gasteiger partial charge in [0.15, 0.2) is 0 Å². The maximum Gasteiger partial charge on any atom is 0.272 e. The van der Waals surface area contributed by atoms with Crippen LogP contribution in [0.4, 0.5) is 8.78 Å². The monoisotopic (exact) mass is 215 g/mol. The summed E-state index contributed by atoms with van der Waals surface area (Å²) in [6.45, 7) is 3.12. The van der Waals surface area contributed by atoms with Gasteiger partial charge in [0.25, 0.3) is 6.43 Å². The van der Waals surface area contributed by atoms with E-state index in [1.54, 1.807) is 13.0 Å². The van der Waals surface area contributed by atoms with Gasteiger partial charge in [-0.3, -0.25) is 0 Å². The Morgan fingerprint density at radius 3 is 2.60 bits per heavy atom. The Kier molecular flexibility index (Phi) is 4.03. The van der Waals surface area contributed by atoms with Gasteiger partial charge in [0.05, 0.1) is 0 Å². The molecule has 0 spiro atoms. The molecule has 0 radical (unpaired) electrons. The van der Waals surface area contributed by atoms with Crippen LogP contribution in [0.2, 0.25) is 0 Å². The molecule has 0 saturated heterocycles. The summed E-state index contributed by atoms with van der Waals surface area (Å²) in [5.74, 6) is 0.441. The average molecular weight is 215 g/mol. The van der Waals surface area contributed by atoms with Crippen LogP contribution in [-0.2, 0) is 0 Å². The van der Waals surface area contributed by atoms with Gasteiger partial charge in [0.2, 0.25) is 0 Å². The molecule has 0 fully saturated rings. The molecule has 2 nitrogen and oxygen atoms in total. The highest BCUT2D eigenvalue weighted by atomic mass is 19.3. The van der Waals surface area contributed by atoms with E-state index >= 15 is 0 Å². The van der Waals surface area contributed by atoms with Crippen LogP contribution in [0.5, 0.6) is 5.75 Å². The van der Waals surface area contributed by atoms with Crippen molar-refractivity contribution in [3.63, 3.8) is 0 Å². The molecular formula is C11H15F2NO. The second-order valence-electron chi connectivity index (χ2n) is 3.53. The third-order valence-corrected chi connectivity index (χ3v) is 2.02. The maximum atomic E-state index is 12.0. The summed E-state index contributed by atoms with van der Waals surface area (Å²) in [7, 11) is 0. The van der Waals surface area contributed by atoms with E-state index in [0.29, 0.717) is 5.75 Å². The Balaban J connectivity index is 2.86. The molecule has 84 valence electrons. The van der Waals surface area contributed by atoms with Crippen molar-refractivity contribution in [2.75, 3.05) is 6.61 Å². The lowest BCUT2D eigenvalue weighted by molar-refractivity contribution is 0.0812. The molecule has 0 amide bonds. The molecule has 0 aromatic heterocycles. The highest BCUT2D eigenvalue weighted by Crippen LogP contribution is 2.25. The van der Waals surface area contributed by atoms with Crippen molar-refractivity contribution < 1.29 is 13.5 Å². The number of alkyl halides is 2. The molecule has 2 N–H and O–H groups in total. The molecule has 1 rings (SSSR count). The Bertz CT molecular complexity index is 326. The first-order chi connectivity index (χ1) is 7.00. The van der Waals surface area contributed by atoms with Crippen molar-refractivity contribution in [3.05, 3.63) is 29.3 Å². The number of halogens is 2. The Morgan fingerprint density at radius 1 is 1.40 bits per heavy atom. The molecule has 0 aliphatic rings. The predicted molar refractivity (Wildman–Crippen MR) is 55.3 cm³/mol. The number of ether oxygens (including phenoxy) is 1. The third-order valence-electron chi connectivity index (χ3n) is 2.02. The van der Waals surface area contributed by atoms with E-state index < -0.39 is 13.0 Å². The van der Waals surface area contributed by atoms with Crippen LogP contribution in [0.3, 0.4) is 0 Å². The van der Waals surface area contributed by atoms with Gasteiger partial charge < -0.3 is 10.5 Å². The van der Waals surface area contributed by atoms with Crippen LogP contribution in [0.1, 0.15) is 24.1 Å². The van der Waals surface area contributed by atoms with Crippen molar-refractivity contribution in [2.24, 2.45) is 5.73 Å². The average Bonchev–Trinajstić information content (AvgIpc) is 2.15. The summed E-state index contributed by atoms with van der Waals surface area (Å²) in [4.78, 5) is 0. The highest BCUT2D eigenvalue weighted by Gasteiger charge is 2.10. The molecule has 4 heteroatoms. The second kappa shape index (κ2) is 5.07. The number of nitrogens with two attached hydrogens (primary N) is 1. The lowest BCUT2D eigenvalue weighted by Gasteiger charge is -2.14. The van der Waals surface area contributed by atoms with E-state index in [-0.39, 0.29) is 6.04 Å². The first-order valence-corrected chi connectivity index (χ1v) is 4.77. The molecule has 0 aliphatic heterocycles. The van der Waals surface area contributed by atoms with Crippen LogP contribution in [0.15, 0.2) is 18.2 Å². The first kappa shape index (κ1) is 11.9. The highest BCUT2D eigenvalue weighted by molar-refractivity contribution is 5.38. The smallest absolute Gasteiger partial charge is 0.272 e. The molecule has 0 unspecified atom stereocenters. The Hall–Kier alpha value is -1.16. The van der Waals surface area contributed by atoms with E-state index in [9.17, 15) is 8.78 Å². The molecule has 1 atom stereocenters. The van der Waals surface area contributed by atoms with E-state index in [1.165, 1.54) is 0 Å². The minimum atomic E-state index is -2.47. The minimum Gasteiger partial charge on any atom is -0.487 e. The fourth-order valence-electron chi connectivity index (χ4n) is 1.31. The zero-order chi connectivity index (χ0) is 11.4. The van der Waals surface area contributed by atoms with Gasteiger partial charge in [-0.2, -0.15) is 0 Å². The molecule has 0 bridgehead atoms. The fourth-order valence-corrected chi connectivity index (χ4v) is 1.31. The number of rotatable bonds is 4. The summed E-state index contributed by atoms with van der Waals surface area (Å²) < 4.78 is 28.9. The molecule has 0 aliphatic carbocycles. The zero-order valence-electron chi connectivity index (χ0n) is 8.84. The second-order valence-corrected chi connectivity index (χ2v) is 3.53. The summed E-state index contributed by atoms with van der Waals surface area (Å²) in [5.41, 5.74) is 7.52. The van der Waals surface area contributed by atoms with E-state index in [1.807, 2.05) is 19.1 Å². The fraction of sp³-hybridized carbons (Fsp3) is 0.455. The normalized spacial score (nSPS) is 12.9. The Labute approximate surface area is 88.0 Å². The molecular weight excluding hydrogens is 200 g/mol. The topological polar surface area (TPSA) is 35.2 Å². The summed E-state index contributed by atoms with van der Waals surface area (Å²) >= 11 is 0. The van der Waals surface area contributed by atoms with Crippen LogP contribution < -0.4 is 10.5 Å². The largest absolute Gasteiger partial charge is 0.487 e. The molecule has 1 aromatic carbocycles. The Morgan fingerprint density at radius 2 is 2.07 bits per heavy atom. The maximum absolute atomic E-state index is 12.0. The number of benzene rings is 1. The van der Waals surface area contributed by atoms with Gasteiger partial charge in [0, 0.05) is 11.6 Å². The van der Waals surface area contributed by atoms with Gasteiger partial charge in [-0.15, -0.1) is 0 Å². The summed E-state index contributed by atoms with van der Waals surface area (Å²) in [6.07, 6.45) is -2.47. The molecule has 15 heavy (non-hydrogen) atoms. The first-order valence-electron chi connectivity index (χ1n) is 4.77. The lowest BCUT2D eigenvalue weighted by Crippen LogP contribution is -2.12. The number of aryl methyl sites for hydroxylation is 1. The van der Waals surface area contributed by atoms with Gasteiger partial charge in [-0.05, 0) is 19.9 Å². The van der Waals surface area contributed by atoms with Crippen molar-refractivity contribution in [3.8, 4) is 5.75 Å². The van der Waals surface area contributed by atoms with Crippen molar-refractivity contribution >= 4 is 0 Å². The molecule has 0 heterocycles. The molecule has 0 saturated carbocycles. The standard InChI is InChI=1S/C11H15F2NO/c1-7-3-4-10(15-6-11(12)13)9(5-7)8(2)14/h3-5,8,11H,6,14H2,1-2H3/t8-/m1/s1.